The SMILES string of the molecule is Cc1cccc(NC(=O)Cc2csc(CN3CCOCC3)n2)c1C. The molecule has 6 heteroatoms. The van der Waals surface area contributed by atoms with Gasteiger partial charge in [-0.1, -0.05) is 12.1 Å². The first kappa shape index (κ1) is 17.1. The summed E-state index contributed by atoms with van der Waals surface area (Å²) in [6, 6.07) is 5.94. The first-order chi connectivity index (χ1) is 11.6. The normalized spacial score (nSPS) is 15.4. The minimum atomic E-state index is -0.0214. The molecule has 1 aromatic carbocycles. The maximum absolute atomic E-state index is 12.3. The Morgan fingerprint density at radius 1 is 1.33 bits per heavy atom. The molecule has 0 radical (unpaired) electrons. The highest BCUT2D eigenvalue weighted by Crippen LogP contribution is 2.19. The first-order valence-electron chi connectivity index (χ1n) is 8.21. The number of aryl methyl sites for hydroxylation is 1. The minimum Gasteiger partial charge on any atom is -0.379 e. The van der Waals surface area contributed by atoms with Crippen molar-refractivity contribution < 1.29 is 9.53 Å². The molecule has 0 bridgehead atoms. The van der Waals surface area contributed by atoms with E-state index in [1.54, 1.807) is 11.3 Å². The van der Waals surface area contributed by atoms with E-state index in [1.807, 2.05) is 37.4 Å². The summed E-state index contributed by atoms with van der Waals surface area (Å²) in [4.78, 5) is 19.2. The molecule has 1 aliphatic heterocycles. The Morgan fingerprint density at radius 2 is 2.12 bits per heavy atom. The average Bonchev–Trinajstić information content (AvgIpc) is 2.99. The van der Waals surface area contributed by atoms with E-state index in [9.17, 15) is 4.79 Å². The van der Waals surface area contributed by atoms with Crippen LogP contribution in [0.15, 0.2) is 23.6 Å². The van der Waals surface area contributed by atoms with Crippen LogP contribution >= 0.6 is 11.3 Å². The Bertz CT molecular complexity index is 708. The number of thiazole rings is 1. The zero-order valence-corrected chi connectivity index (χ0v) is 15.0. The van der Waals surface area contributed by atoms with Gasteiger partial charge in [0.2, 0.25) is 5.91 Å². The molecule has 1 aliphatic rings. The standard InChI is InChI=1S/C18H23N3O2S/c1-13-4-3-5-16(14(13)2)20-17(22)10-15-12-24-18(19-15)11-21-6-8-23-9-7-21/h3-5,12H,6-11H2,1-2H3,(H,20,22). The monoisotopic (exact) mass is 345 g/mol. The number of nitrogens with one attached hydrogen (secondary N) is 1. The van der Waals surface area contributed by atoms with Crippen LogP contribution in [0.3, 0.4) is 0 Å². The van der Waals surface area contributed by atoms with Crippen molar-refractivity contribution in [2.45, 2.75) is 26.8 Å². The summed E-state index contributed by atoms with van der Waals surface area (Å²) < 4.78 is 5.36. The lowest BCUT2D eigenvalue weighted by Gasteiger charge is -2.25. The van der Waals surface area contributed by atoms with E-state index in [0.717, 1.165) is 54.8 Å². The van der Waals surface area contributed by atoms with Gasteiger partial charge in [-0.25, -0.2) is 4.98 Å². The van der Waals surface area contributed by atoms with Crippen LogP contribution in [0.2, 0.25) is 0 Å². The highest BCUT2D eigenvalue weighted by atomic mass is 32.1. The van der Waals surface area contributed by atoms with E-state index in [4.69, 9.17) is 4.74 Å². The van der Waals surface area contributed by atoms with Crippen LogP contribution in [-0.2, 0) is 22.5 Å². The molecule has 0 saturated carbocycles. The predicted octanol–water partition coefficient (Wildman–Crippen LogP) is 2.77. The van der Waals surface area contributed by atoms with Gasteiger partial charge < -0.3 is 10.1 Å². The number of hydrogen-bond donors (Lipinski definition) is 1. The van der Waals surface area contributed by atoms with Gasteiger partial charge in [0.05, 0.1) is 31.9 Å². The number of anilines is 1. The quantitative estimate of drug-likeness (QED) is 0.905. The number of amides is 1. The number of rotatable bonds is 5. The van der Waals surface area contributed by atoms with Crippen molar-refractivity contribution in [2.75, 3.05) is 31.6 Å². The van der Waals surface area contributed by atoms with Crippen molar-refractivity contribution in [3.8, 4) is 0 Å². The number of aromatic nitrogens is 1. The van der Waals surface area contributed by atoms with Crippen molar-refractivity contribution in [3.63, 3.8) is 0 Å². The fraction of sp³-hybridized carbons (Fsp3) is 0.444. The molecule has 1 fully saturated rings. The molecule has 5 nitrogen and oxygen atoms in total. The first-order valence-corrected chi connectivity index (χ1v) is 9.09. The number of carbonyl (C=O) groups excluding carboxylic acids is 1. The van der Waals surface area contributed by atoms with Gasteiger partial charge in [-0.15, -0.1) is 11.3 Å². The molecule has 1 saturated heterocycles. The lowest BCUT2D eigenvalue weighted by atomic mass is 10.1. The molecule has 2 aromatic rings. The Morgan fingerprint density at radius 3 is 2.92 bits per heavy atom. The van der Waals surface area contributed by atoms with Crippen LogP contribution < -0.4 is 5.32 Å². The van der Waals surface area contributed by atoms with Crippen molar-refractivity contribution in [3.05, 3.63) is 45.4 Å². The summed E-state index contributed by atoms with van der Waals surface area (Å²) in [7, 11) is 0. The molecule has 0 atom stereocenters. The average molecular weight is 345 g/mol. The maximum Gasteiger partial charge on any atom is 0.230 e. The number of benzene rings is 1. The summed E-state index contributed by atoms with van der Waals surface area (Å²) in [5.74, 6) is -0.0214. The predicted molar refractivity (Wildman–Crippen MR) is 96.5 cm³/mol. The summed E-state index contributed by atoms with van der Waals surface area (Å²) in [6.07, 6.45) is 0.312. The van der Waals surface area contributed by atoms with E-state index in [0.29, 0.717) is 6.42 Å². The summed E-state index contributed by atoms with van der Waals surface area (Å²) in [5.41, 5.74) is 4.00. The number of hydrogen-bond acceptors (Lipinski definition) is 5. The number of carbonyl (C=O) groups is 1. The Kier molecular flexibility index (Phi) is 5.60. The van der Waals surface area contributed by atoms with Crippen LogP contribution in [-0.4, -0.2) is 42.1 Å². The van der Waals surface area contributed by atoms with E-state index >= 15 is 0 Å². The Balaban J connectivity index is 1.56. The zero-order chi connectivity index (χ0) is 16.9. The van der Waals surface area contributed by atoms with Gasteiger partial charge in [0.15, 0.2) is 0 Å². The molecule has 1 N–H and O–H groups in total. The summed E-state index contributed by atoms with van der Waals surface area (Å²) in [6.45, 7) is 8.38. The van der Waals surface area contributed by atoms with Gasteiger partial charge in [0.1, 0.15) is 5.01 Å². The number of nitrogens with zero attached hydrogens (tertiary/aromatic N) is 2. The van der Waals surface area contributed by atoms with Gasteiger partial charge in [0.25, 0.3) is 0 Å². The van der Waals surface area contributed by atoms with Crippen LogP contribution in [0.25, 0.3) is 0 Å². The number of ether oxygens (including phenoxy) is 1. The largest absolute Gasteiger partial charge is 0.379 e. The molecule has 2 heterocycles. The van der Waals surface area contributed by atoms with Crippen LogP contribution in [0.4, 0.5) is 5.69 Å². The van der Waals surface area contributed by atoms with E-state index in [-0.39, 0.29) is 5.91 Å². The summed E-state index contributed by atoms with van der Waals surface area (Å²) in [5, 5.41) is 6.04. The van der Waals surface area contributed by atoms with E-state index < -0.39 is 0 Å². The lowest BCUT2D eigenvalue weighted by Crippen LogP contribution is -2.35. The second kappa shape index (κ2) is 7.88. The molecule has 1 aromatic heterocycles. The molecule has 3 rings (SSSR count). The Labute approximate surface area is 146 Å². The second-order valence-electron chi connectivity index (χ2n) is 6.09. The lowest BCUT2D eigenvalue weighted by molar-refractivity contribution is -0.115. The minimum absolute atomic E-state index is 0.0214. The van der Waals surface area contributed by atoms with Crippen molar-refractivity contribution >= 4 is 22.9 Å². The van der Waals surface area contributed by atoms with Crippen LogP contribution in [0, 0.1) is 13.8 Å². The highest BCUT2D eigenvalue weighted by Gasteiger charge is 2.14. The molecule has 24 heavy (non-hydrogen) atoms. The molecule has 0 aliphatic carbocycles. The molecular weight excluding hydrogens is 322 g/mol. The second-order valence-corrected chi connectivity index (χ2v) is 7.04. The van der Waals surface area contributed by atoms with E-state index in [1.165, 1.54) is 5.56 Å². The highest BCUT2D eigenvalue weighted by molar-refractivity contribution is 7.09. The van der Waals surface area contributed by atoms with E-state index in [2.05, 4.69) is 15.2 Å². The van der Waals surface area contributed by atoms with Crippen LogP contribution in [0.1, 0.15) is 21.8 Å². The molecular formula is C18H23N3O2S. The van der Waals surface area contributed by atoms with Crippen molar-refractivity contribution in [2.24, 2.45) is 0 Å². The zero-order valence-electron chi connectivity index (χ0n) is 14.2. The molecule has 128 valence electrons. The Hall–Kier alpha value is -1.76. The maximum atomic E-state index is 12.3. The van der Waals surface area contributed by atoms with Gasteiger partial charge in [-0.05, 0) is 31.0 Å². The third-order valence-corrected chi connectivity index (χ3v) is 5.16. The summed E-state index contributed by atoms with van der Waals surface area (Å²) >= 11 is 1.62. The third kappa shape index (κ3) is 4.41. The fourth-order valence-corrected chi connectivity index (χ4v) is 3.53. The molecule has 1 amide bonds. The van der Waals surface area contributed by atoms with Crippen molar-refractivity contribution in [1.29, 1.82) is 0 Å². The fourth-order valence-electron chi connectivity index (χ4n) is 2.70. The number of morpholine rings is 1. The van der Waals surface area contributed by atoms with Gasteiger partial charge in [-0.3, -0.25) is 9.69 Å². The molecule has 0 unspecified atom stereocenters. The van der Waals surface area contributed by atoms with Gasteiger partial charge >= 0.3 is 0 Å². The van der Waals surface area contributed by atoms with Gasteiger partial charge in [-0.2, -0.15) is 0 Å². The third-order valence-electron chi connectivity index (χ3n) is 4.28. The topological polar surface area (TPSA) is 54.5 Å². The smallest absolute Gasteiger partial charge is 0.230 e. The van der Waals surface area contributed by atoms with Gasteiger partial charge in [0, 0.05) is 24.2 Å². The molecule has 0 spiro atoms. The van der Waals surface area contributed by atoms with Crippen LogP contribution in [0.5, 0.6) is 0 Å². The van der Waals surface area contributed by atoms with Crippen molar-refractivity contribution in [1.82, 2.24) is 9.88 Å².